The van der Waals surface area contributed by atoms with Crippen LogP contribution in [0.25, 0.3) is 0 Å². The summed E-state index contributed by atoms with van der Waals surface area (Å²) >= 11 is 0. The van der Waals surface area contributed by atoms with E-state index in [4.69, 9.17) is 9.47 Å². The summed E-state index contributed by atoms with van der Waals surface area (Å²) in [5.74, 6) is -3.99. The number of hydrogen-bond donors (Lipinski definition) is 2. The molecule has 6 aliphatic rings. The van der Waals surface area contributed by atoms with Gasteiger partial charge in [0, 0.05) is 35.5 Å². The zero-order valence-corrected chi connectivity index (χ0v) is 25.4. The molecule has 0 spiro atoms. The zero-order chi connectivity index (χ0) is 30.8. The van der Waals surface area contributed by atoms with Crippen molar-refractivity contribution in [3.8, 4) is 0 Å². The standard InChI is InChI=1S/C33H44F2O7/c1-16-11-21-22-14-24(34)23-13-19(36)9-10-30(23,5)32(22,35)26(37)15-31(21,6)33(16,27(38)39)42-28(40)41-25-12-18-7-8-20(17(25)2)29(18,3)4/h9-10,16-18,20-22,25-26,37H,7-8,11-15H2,1-6H3,(H,38,39)/t16-,17+,18-,20+,21+,22+,25+,26+,30+,31+,32+,33+/m1/s1. The van der Waals surface area contributed by atoms with Gasteiger partial charge < -0.3 is 19.7 Å². The van der Waals surface area contributed by atoms with Crippen LogP contribution in [-0.2, 0) is 19.1 Å². The number of fused-ring (bicyclic) bond motifs is 7. The Morgan fingerprint density at radius 1 is 1.05 bits per heavy atom. The van der Waals surface area contributed by atoms with Crippen molar-refractivity contribution in [3.63, 3.8) is 0 Å². The second-order valence-electron chi connectivity index (χ2n) is 15.4. The maximum atomic E-state index is 17.5. The summed E-state index contributed by atoms with van der Waals surface area (Å²) in [4.78, 5) is 38.8. The molecule has 0 unspecified atom stereocenters. The molecule has 0 aromatic carbocycles. The number of carbonyl (C=O) groups excluding carboxylic acids is 2. The van der Waals surface area contributed by atoms with Crippen LogP contribution < -0.4 is 0 Å². The van der Waals surface area contributed by atoms with Crippen LogP contribution in [0.15, 0.2) is 23.6 Å². The summed E-state index contributed by atoms with van der Waals surface area (Å²) in [5.41, 5.74) is -7.21. The molecule has 0 aliphatic heterocycles. The average molecular weight is 591 g/mol. The number of aliphatic carboxylic acids is 1. The number of alkyl halides is 1. The predicted molar refractivity (Wildman–Crippen MR) is 148 cm³/mol. The number of allylic oxidation sites excluding steroid dienone is 4. The highest BCUT2D eigenvalue weighted by Crippen LogP contribution is 2.71. The van der Waals surface area contributed by atoms with Crippen molar-refractivity contribution >= 4 is 17.9 Å². The lowest BCUT2D eigenvalue weighted by atomic mass is 9.45. The van der Waals surface area contributed by atoms with Crippen molar-refractivity contribution in [2.75, 3.05) is 0 Å². The van der Waals surface area contributed by atoms with Gasteiger partial charge in [-0.2, -0.15) is 0 Å². The first kappa shape index (κ1) is 29.8. The Labute approximate surface area is 246 Å². The van der Waals surface area contributed by atoms with Crippen LogP contribution >= 0.6 is 0 Å². The Kier molecular flexibility index (Phi) is 6.46. The monoisotopic (exact) mass is 590 g/mol. The number of rotatable bonds is 3. The van der Waals surface area contributed by atoms with Gasteiger partial charge in [0.2, 0.25) is 5.60 Å². The molecule has 0 aromatic rings. The SMILES string of the molecule is C[C@@H]1[C@@H](OC(=O)O[C@]2(C(=O)O)[C@H](C)C[C@H]3[C@@H]4CC(F)=C5CC(=O)C=C[C@]5(C)[C@@]4(F)[C@@H](O)C[C@@]32C)C[C@H]2CC[C@@H]1C2(C)C. The fraction of sp³-hybridized carbons (Fsp3) is 0.788. The highest BCUT2D eigenvalue weighted by Gasteiger charge is 2.78. The molecule has 0 heterocycles. The van der Waals surface area contributed by atoms with E-state index in [-0.39, 0.29) is 48.4 Å². The maximum Gasteiger partial charge on any atom is 0.509 e. The van der Waals surface area contributed by atoms with Crippen molar-refractivity contribution < 1.29 is 42.9 Å². The number of ketones is 1. The van der Waals surface area contributed by atoms with Crippen molar-refractivity contribution in [1.29, 1.82) is 0 Å². The Hall–Kier alpha value is -2.29. The average Bonchev–Trinajstić information content (AvgIpc) is 3.22. The Morgan fingerprint density at radius 2 is 1.74 bits per heavy atom. The third kappa shape index (κ3) is 3.49. The smallest absolute Gasteiger partial charge is 0.478 e. The van der Waals surface area contributed by atoms with Crippen LogP contribution in [0, 0.1) is 51.8 Å². The molecule has 6 aliphatic carbocycles. The van der Waals surface area contributed by atoms with Crippen molar-refractivity contribution in [2.45, 2.75) is 110 Å². The van der Waals surface area contributed by atoms with Gasteiger partial charge >= 0.3 is 12.1 Å². The van der Waals surface area contributed by atoms with E-state index < -0.39 is 70.0 Å². The minimum Gasteiger partial charge on any atom is -0.478 e. The summed E-state index contributed by atoms with van der Waals surface area (Å²) in [5, 5.41) is 22.3. The number of halogens is 2. The number of carbonyl (C=O) groups is 3. The Balaban J connectivity index is 1.33. The van der Waals surface area contributed by atoms with E-state index >= 15 is 8.78 Å². The molecule has 2 N–H and O–H groups in total. The van der Waals surface area contributed by atoms with Gasteiger partial charge in [-0.3, -0.25) is 4.79 Å². The second-order valence-corrected chi connectivity index (χ2v) is 15.4. The van der Waals surface area contributed by atoms with Crippen LogP contribution in [0.5, 0.6) is 0 Å². The fourth-order valence-corrected chi connectivity index (χ4v) is 11.2. The number of aliphatic hydroxyl groups excluding tert-OH is 1. The molecular formula is C33H44F2O7. The fourth-order valence-electron chi connectivity index (χ4n) is 11.2. The van der Waals surface area contributed by atoms with Gasteiger partial charge in [-0.25, -0.2) is 18.4 Å². The van der Waals surface area contributed by atoms with E-state index in [0.29, 0.717) is 18.3 Å². The maximum absolute atomic E-state index is 17.5. The molecule has 0 aromatic heterocycles. The Bertz CT molecular complexity index is 1290. The highest BCUT2D eigenvalue weighted by atomic mass is 19.1. The van der Waals surface area contributed by atoms with E-state index in [1.807, 2.05) is 0 Å². The van der Waals surface area contributed by atoms with Crippen LogP contribution in [-0.4, -0.2) is 51.6 Å². The molecule has 9 heteroatoms. The van der Waals surface area contributed by atoms with E-state index in [2.05, 4.69) is 20.8 Å². The first-order valence-electron chi connectivity index (χ1n) is 15.5. The normalized spacial score (nSPS) is 50.5. The number of ether oxygens (including phenoxy) is 2. The van der Waals surface area contributed by atoms with Crippen molar-refractivity contribution in [2.24, 2.45) is 51.8 Å². The van der Waals surface area contributed by atoms with Crippen LogP contribution in [0.2, 0.25) is 0 Å². The third-order valence-corrected chi connectivity index (χ3v) is 13.6. The number of carboxylic acids is 1. The number of aliphatic hydroxyl groups is 1. The molecule has 4 fully saturated rings. The molecule has 232 valence electrons. The Morgan fingerprint density at radius 3 is 2.40 bits per heavy atom. The molecule has 4 saturated carbocycles. The molecule has 7 nitrogen and oxygen atoms in total. The molecule has 0 saturated heterocycles. The first-order valence-corrected chi connectivity index (χ1v) is 15.5. The molecule has 0 radical (unpaired) electrons. The molecule has 42 heavy (non-hydrogen) atoms. The number of carboxylic acid groups (broad SMARTS) is 1. The van der Waals surface area contributed by atoms with Crippen LogP contribution in [0.4, 0.5) is 13.6 Å². The highest BCUT2D eigenvalue weighted by molar-refractivity contribution is 5.93. The summed E-state index contributed by atoms with van der Waals surface area (Å²) < 4.78 is 45.0. The lowest BCUT2D eigenvalue weighted by Crippen LogP contribution is -2.69. The predicted octanol–water partition coefficient (Wildman–Crippen LogP) is 6.34. The van der Waals surface area contributed by atoms with Gasteiger partial charge in [0.05, 0.1) is 6.10 Å². The van der Waals surface area contributed by atoms with Gasteiger partial charge in [0.25, 0.3) is 0 Å². The van der Waals surface area contributed by atoms with Gasteiger partial charge in [-0.1, -0.05) is 40.7 Å². The van der Waals surface area contributed by atoms with Gasteiger partial charge in [0.1, 0.15) is 11.9 Å². The van der Waals surface area contributed by atoms with E-state index in [1.165, 1.54) is 19.1 Å². The van der Waals surface area contributed by atoms with Crippen LogP contribution in [0.3, 0.4) is 0 Å². The van der Waals surface area contributed by atoms with Gasteiger partial charge in [-0.05, 0) is 79.8 Å². The summed E-state index contributed by atoms with van der Waals surface area (Å²) in [6, 6.07) is 0. The van der Waals surface area contributed by atoms with Gasteiger partial charge in [-0.15, -0.1) is 0 Å². The minimum atomic E-state index is -2.34. The lowest BCUT2D eigenvalue weighted by Gasteiger charge is -2.61. The van der Waals surface area contributed by atoms with Crippen molar-refractivity contribution in [1.82, 2.24) is 0 Å². The van der Waals surface area contributed by atoms with E-state index in [1.54, 1.807) is 13.8 Å². The quantitative estimate of drug-likeness (QED) is 0.369. The topological polar surface area (TPSA) is 110 Å². The summed E-state index contributed by atoms with van der Waals surface area (Å²) in [6.45, 7) is 11.4. The molecular weight excluding hydrogens is 546 g/mol. The first-order chi connectivity index (χ1) is 19.4. The molecule has 0 amide bonds. The lowest BCUT2D eigenvalue weighted by molar-refractivity contribution is -0.227. The molecule has 2 bridgehead atoms. The molecule has 6 rings (SSSR count). The largest absolute Gasteiger partial charge is 0.509 e. The van der Waals surface area contributed by atoms with Crippen molar-refractivity contribution in [3.05, 3.63) is 23.6 Å². The van der Waals surface area contributed by atoms with E-state index in [0.717, 1.165) is 12.8 Å². The third-order valence-electron chi connectivity index (χ3n) is 13.6. The summed E-state index contributed by atoms with van der Waals surface area (Å²) in [6.07, 6.45) is 1.51. The van der Waals surface area contributed by atoms with Gasteiger partial charge in [0.15, 0.2) is 11.5 Å². The minimum absolute atomic E-state index is 0.0468. The van der Waals surface area contributed by atoms with E-state index in [9.17, 15) is 24.6 Å². The van der Waals surface area contributed by atoms with Crippen LogP contribution in [0.1, 0.15) is 86.5 Å². The zero-order valence-electron chi connectivity index (χ0n) is 25.4. The summed E-state index contributed by atoms with van der Waals surface area (Å²) in [7, 11) is 0. The second kappa shape index (κ2) is 9.12. The molecule has 12 atom stereocenters. The number of hydrogen-bond acceptors (Lipinski definition) is 6.